The van der Waals surface area contributed by atoms with E-state index < -0.39 is 0 Å². The normalized spacial score (nSPS) is 22.4. The van der Waals surface area contributed by atoms with Crippen LogP contribution in [0.1, 0.15) is 90.9 Å². The zero-order valence-electron chi connectivity index (χ0n) is 14.4. The smallest absolute Gasteiger partial charge is 0.158 e. The lowest BCUT2D eigenvalue weighted by Gasteiger charge is -2.28. The van der Waals surface area contributed by atoms with Gasteiger partial charge in [0.15, 0.2) is 5.78 Å². The van der Waals surface area contributed by atoms with Crippen LogP contribution in [-0.2, 0) is 9.53 Å². The molecule has 0 aromatic heterocycles. The molecule has 1 aliphatic rings. The summed E-state index contributed by atoms with van der Waals surface area (Å²) in [6.07, 6.45) is 14.9. The van der Waals surface area contributed by atoms with Crippen LogP contribution in [0, 0.1) is 11.8 Å². The van der Waals surface area contributed by atoms with Gasteiger partial charge in [-0.1, -0.05) is 71.6 Å². The van der Waals surface area contributed by atoms with E-state index in [1.807, 2.05) is 0 Å². The largest absolute Gasteiger partial charge is 0.373 e. The molecule has 0 aromatic carbocycles. The van der Waals surface area contributed by atoms with Crippen LogP contribution >= 0.6 is 0 Å². The lowest BCUT2D eigenvalue weighted by Crippen LogP contribution is -2.23. The summed E-state index contributed by atoms with van der Waals surface area (Å²) in [5, 5.41) is 0. The summed E-state index contributed by atoms with van der Waals surface area (Å²) in [7, 11) is 0. The van der Waals surface area contributed by atoms with Gasteiger partial charge in [0.2, 0.25) is 0 Å². The Balaban J connectivity index is 1.91. The number of hydrogen-bond acceptors (Lipinski definition) is 2. The lowest BCUT2D eigenvalue weighted by molar-refractivity contribution is -0.124. The molecule has 0 radical (unpaired) electrons. The molecule has 21 heavy (non-hydrogen) atoms. The zero-order chi connectivity index (χ0) is 15.3. The van der Waals surface area contributed by atoms with Crippen molar-refractivity contribution in [3.8, 4) is 0 Å². The van der Waals surface area contributed by atoms with Gasteiger partial charge in [0.05, 0.1) is 6.61 Å². The number of carbonyl (C=O) groups is 1. The quantitative estimate of drug-likeness (QED) is 0.442. The van der Waals surface area contributed by atoms with Gasteiger partial charge in [0.1, 0.15) is 6.61 Å². The number of unbranched alkanes of at least 4 members (excludes halogenated alkanes) is 6. The minimum absolute atomic E-state index is 0.298. The summed E-state index contributed by atoms with van der Waals surface area (Å²) in [5.41, 5.74) is 0. The number of ketones is 1. The van der Waals surface area contributed by atoms with E-state index in [4.69, 9.17) is 4.74 Å². The van der Waals surface area contributed by atoms with E-state index in [0.717, 1.165) is 18.9 Å². The highest BCUT2D eigenvalue weighted by Gasteiger charge is 2.21. The molecule has 0 bridgehead atoms. The third-order valence-electron chi connectivity index (χ3n) is 4.94. The molecule has 0 spiro atoms. The van der Waals surface area contributed by atoms with Crippen molar-refractivity contribution in [1.82, 2.24) is 0 Å². The van der Waals surface area contributed by atoms with Gasteiger partial charge in [-0.3, -0.25) is 4.79 Å². The van der Waals surface area contributed by atoms with Gasteiger partial charge in [0.25, 0.3) is 0 Å². The number of Topliss-reactive ketones (excluding diaryl/α,β-unsaturated/α-hetero) is 1. The van der Waals surface area contributed by atoms with E-state index in [2.05, 4.69) is 13.8 Å². The van der Waals surface area contributed by atoms with Crippen molar-refractivity contribution in [3.05, 3.63) is 0 Å². The summed E-state index contributed by atoms with van der Waals surface area (Å²) < 4.78 is 5.67. The highest BCUT2D eigenvalue weighted by Crippen LogP contribution is 2.29. The Kier molecular flexibility index (Phi) is 10.9. The van der Waals surface area contributed by atoms with E-state index in [0.29, 0.717) is 24.7 Å². The fourth-order valence-corrected chi connectivity index (χ4v) is 3.32. The van der Waals surface area contributed by atoms with Gasteiger partial charge >= 0.3 is 0 Å². The Morgan fingerprint density at radius 1 is 1.00 bits per heavy atom. The number of ether oxygens (including phenoxy) is 1. The van der Waals surface area contributed by atoms with Crippen molar-refractivity contribution in [1.29, 1.82) is 0 Å². The van der Waals surface area contributed by atoms with Crippen LogP contribution in [0.4, 0.5) is 0 Å². The van der Waals surface area contributed by atoms with Crippen LogP contribution in [0.5, 0.6) is 0 Å². The molecule has 0 saturated heterocycles. The maximum Gasteiger partial charge on any atom is 0.158 e. The first-order valence-electron chi connectivity index (χ1n) is 9.33. The number of hydrogen-bond donors (Lipinski definition) is 0. The van der Waals surface area contributed by atoms with Crippen LogP contribution < -0.4 is 0 Å². The van der Waals surface area contributed by atoms with Crippen LogP contribution in [0.3, 0.4) is 0 Å². The van der Waals surface area contributed by atoms with Gasteiger partial charge in [-0.2, -0.15) is 0 Å². The molecule has 124 valence electrons. The maximum atomic E-state index is 11.8. The molecule has 2 atom stereocenters. The van der Waals surface area contributed by atoms with E-state index in [9.17, 15) is 4.79 Å². The maximum absolute atomic E-state index is 11.8. The Morgan fingerprint density at radius 3 is 2.38 bits per heavy atom. The van der Waals surface area contributed by atoms with Crippen molar-refractivity contribution in [2.24, 2.45) is 11.8 Å². The van der Waals surface area contributed by atoms with Crippen molar-refractivity contribution >= 4 is 5.78 Å². The topological polar surface area (TPSA) is 26.3 Å². The van der Waals surface area contributed by atoms with E-state index in [1.54, 1.807) is 0 Å². The van der Waals surface area contributed by atoms with Gasteiger partial charge in [0, 0.05) is 6.42 Å². The molecule has 0 aromatic rings. The average Bonchev–Trinajstić information content (AvgIpc) is 2.48. The lowest BCUT2D eigenvalue weighted by atomic mass is 9.81. The first-order valence-corrected chi connectivity index (χ1v) is 9.33. The number of rotatable bonds is 12. The first kappa shape index (κ1) is 18.7. The van der Waals surface area contributed by atoms with Gasteiger partial charge in [-0.05, 0) is 24.7 Å². The molecule has 1 fully saturated rings. The second-order valence-corrected chi connectivity index (χ2v) is 6.95. The molecule has 0 amide bonds. The Bertz CT molecular complexity index is 262. The van der Waals surface area contributed by atoms with E-state index in [-0.39, 0.29) is 0 Å². The summed E-state index contributed by atoms with van der Waals surface area (Å²) in [4.78, 5) is 11.8. The van der Waals surface area contributed by atoms with Crippen LogP contribution in [0.2, 0.25) is 0 Å². The highest BCUT2D eigenvalue weighted by molar-refractivity contribution is 5.79. The van der Waals surface area contributed by atoms with Crippen molar-refractivity contribution in [3.63, 3.8) is 0 Å². The minimum atomic E-state index is 0.298. The first-order chi connectivity index (χ1) is 10.2. The molecular formula is C19H36O2. The van der Waals surface area contributed by atoms with Crippen molar-refractivity contribution in [2.75, 3.05) is 13.2 Å². The Hall–Kier alpha value is -0.370. The Labute approximate surface area is 132 Å². The molecule has 2 nitrogen and oxygen atoms in total. The molecular weight excluding hydrogens is 260 g/mol. The van der Waals surface area contributed by atoms with Crippen molar-refractivity contribution < 1.29 is 9.53 Å². The standard InChI is InChI=1S/C19H36O2/c1-3-4-5-6-7-8-9-14-19(20)16-21-15-18-13-11-10-12-17(18)2/h17-18H,3-16H2,1-2H3. The molecule has 1 rings (SSSR count). The molecule has 1 saturated carbocycles. The molecule has 1 aliphatic carbocycles. The molecule has 2 unspecified atom stereocenters. The van der Waals surface area contributed by atoms with Gasteiger partial charge in [-0.15, -0.1) is 0 Å². The van der Waals surface area contributed by atoms with E-state index in [1.165, 1.54) is 64.2 Å². The molecule has 2 heteroatoms. The monoisotopic (exact) mass is 296 g/mol. The second kappa shape index (κ2) is 12.2. The predicted molar refractivity (Wildman–Crippen MR) is 89.6 cm³/mol. The molecule has 0 N–H and O–H groups in total. The second-order valence-electron chi connectivity index (χ2n) is 6.95. The SMILES string of the molecule is CCCCCCCCCC(=O)COCC1CCCCC1C. The summed E-state index contributed by atoms with van der Waals surface area (Å²) >= 11 is 0. The predicted octanol–water partition coefficient (Wildman–Crippen LogP) is 5.54. The fourth-order valence-electron chi connectivity index (χ4n) is 3.32. The summed E-state index contributed by atoms with van der Waals surface area (Å²) in [6, 6.07) is 0. The summed E-state index contributed by atoms with van der Waals surface area (Å²) in [6.45, 7) is 5.71. The molecule has 0 aliphatic heterocycles. The molecule has 0 heterocycles. The van der Waals surface area contributed by atoms with Crippen LogP contribution in [-0.4, -0.2) is 19.0 Å². The summed E-state index contributed by atoms with van der Waals surface area (Å²) in [5.74, 6) is 1.76. The highest BCUT2D eigenvalue weighted by atomic mass is 16.5. The minimum Gasteiger partial charge on any atom is -0.373 e. The van der Waals surface area contributed by atoms with Crippen LogP contribution in [0.15, 0.2) is 0 Å². The van der Waals surface area contributed by atoms with Crippen molar-refractivity contribution in [2.45, 2.75) is 90.9 Å². The zero-order valence-corrected chi connectivity index (χ0v) is 14.4. The number of carbonyl (C=O) groups excluding carboxylic acids is 1. The van der Waals surface area contributed by atoms with Crippen LogP contribution in [0.25, 0.3) is 0 Å². The third kappa shape index (κ3) is 9.29. The third-order valence-corrected chi connectivity index (χ3v) is 4.94. The Morgan fingerprint density at radius 2 is 1.67 bits per heavy atom. The average molecular weight is 296 g/mol. The van der Waals surface area contributed by atoms with Gasteiger partial charge in [-0.25, -0.2) is 0 Å². The van der Waals surface area contributed by atoms with Gasteiger partial charge < -0.3 is 4.74 Å². The fraction of sp³-hybridized carbons (Fsp3) is 0.947. The van der Waals surface area contributed by atoms with E-state index >= 15 is 0 Å².